The van der Waals surface area contributed by atoms with Crippen molar-refractivity contribution in [3.63, 3.8) is 0 Å². The standard InChI is InChI=1S/C13H16O3/c1-10(2)13(14)16-9-12(15-3)11-7-5-4-6-8-11/h4-8,12H,1,9H2,2-3H3. The quantitative estimate of drug-likeness (QED) is 0.565. The molecule has 0 saturated carbocycles. The molecule has 0 amide bonds. The summed E-state index contributed by atoms with van der Waals surface area (Å²) in [5.74, 6) is -0.391. The lowest BCUT2D eigenvalue weighted by Gasteiger charge is -2.15. The molecule has 1 aromatic carbocycles. The van der Waals surface area contributed by atoms with Crippen molar-refractivity contribution in [1.29, 1.82) is 0 Å². The van der Waals surface area contributed by atoms with Crippen LogP contribution in [0.1, 0.15) is 18.6 Å². The Morgan fingerprint density at radius 1 is 1.38 bits per heavy atom. The number of rotatable bonds is 5. The molecule has 0 spiro atoms. The molecule has 0 aliphatic rings. The molecule has 3 heteroatoms. The molecular formula is C13H16O3. The zero-order valence-electron chi connectivity index (χ0n) is 9.60. The zero-order chi connectivity index (χ0) is 12.0. The fourth-order valence-electron chi connectivity index (χ4n) is 1.24. The number of carbonyl (C=O) groups is 1. The largest absolute Gasteiger partial charge is 0.459 e. The second kappa shape index (κ2) is 6.08. The van der Waals surface area contributed by atoms with Crippen molar-refractivity contribution in [3.8, 4) is 0 Å². The monoisotopic (exact) mass is 220 g/mol. The Morgan fingerprint density at radius 3 is 2.50 bits per heavy atom. The summed E-state index contributed by atoms with van der Waals surface area (Å²) in [4.78, 5) is 11.2. The predicted octanol–water partition coefficient (Wildman–Crippen LogP) is 2.49. The highest BCUT2D eigenvalue weighted by atomic mass is 16.6. The van der Waals surface area contributed by atoms with Gasteiger partial charge in [-0.15, -0.1) is 0 Å². The molecule has 16 heavy (non-hydrogen) atoms. The summed E-state index contributed by atoms with van der Waals surface area (Å²) in [7, 11) is 1.59. The fourth-order valence-corrected chi connectivity index (χ4v) is 1.24. The molecule has 0 aliphatic carbocycles. The van der Waals surface area contributed by atoms with Gasteiger partial charge in [-0.3, -0.25) is 0 Å². The van der Waals surface area contributed by atoms with E-state index in [-0.39, 0.29) is 12.7 Å². The van der Waals surface area contributed by atoms with Gasteiger partial charge in [0.15, 0.2) is 0 Å². The van der Waals surface area contributed by atoms with Crippen LogP contribution in [0.3, 0.4) is 0 Å². The van der Waals surface area contributed by atoms with Gasteiger partial charge in [-0.2, -0.15) is 0 Å². The summed E-state index contributed by atoms with van der Waals surface area (Å²) in [6, 6.07) is 9.63. The number of hydrogen-bond donors (Lipinski definition) is 0. The first kappa shape index (κ1) is 12.5. The van der Waals surface area contributed by atoms with E-state index in [0.29, 0.717) is 5.57 Å². The summed E-state index contributed by atoms with van der Waals surface area (Å²) in [5, 5.41) is 0. The molecule has 1 atom stereocenters. The van der Waals surface area contributed by atoms with Crippen LogP contribution in [-0.2, 0) is 14.3 Å². The number of ether oxygens (including phenoxy) is 2. The molecule has 3 nitrogen and oxygen atoms in total. The molecule has 0 heterocycles. The molecule has 86 valence electrons. The van der Waals surface area contributed by atoms with E-state index in [2.05, 4.69) is 6.58 Å². The molecule has 0 saturated heterocycles. The van der Waals surface area contributed by atoms with Crippen molar-refractivity contribution >= 4 is 5.97 Å². The third-order valence-corrected chi connectivity index (χ3v) is 2.17. The topological polar surface area (TPSA) is 35.5 Å². The highest BCUT2D eigenvalue weighted by Gasteiger charge is 2.13. The van der Waals surface area contributed by atoms with Gasteiger partial charge in [0.1, 0.15) is 12.7 Å². The molecule has 0 aliphatic heterocycles. The lowest BCUT2D eigenvalue weighted by molar-refractivity contribution is -0.142. The van der Waals surface area contributed by atoms with Crippen LogP contribution in [0, 0.1) is 0 Å². The summed E-state index contributed by atoms with van der Waals surface area (Å²) < 4.78 is 10.3. The molecular weight excluding hydrogens is 204 g/mol. The van der Waals surface area contributed by atoms with Crippen LogP contribution < -0.4 is 0 Å². The SMILES string of the molecule is C=C(C)C(=O)OCC(OC)c1ccccc1. The number of benzene rings is 1. The maximum absolute atomic E-state index is 11.2. The molecule has 0 radical (unpaired) electrons. The third kappa shape index (κ3) is 3.51. The molecule has 0 aromatic heterocycles. The summed E-state index contributed by atoms with van der Waals surface area (Å²) >= 11 is 0. The maximum atomic E-state index is 11.2. The second-order valence-corrected chi connectivity index (χ2v) is 3.51. The number of methoxy groups -OCH3 is 1. The second-order valence-electron chi connectivity index (χ2n) is 3.51. The normalized spacial score (nSPS) is 11.9. The van der Waals surface area contributed by atoms with Gasteiger partial charge in [0.2, 0.25) is 0 Å². The smallest absolute Gasteiger partial charge is 0.333 e. The highest BCUT2D eigenvalue weighted by molar-refractivity contribution is 5.86. The van der Waals surface area contributed by atoms with E-state index in [1.54, 1.807) is 14.0 Å². The Bertz CT molecular complexity index is 357. The molecule has 0 fully saturated rings. The number of carbonyl (C=O) groups excluding carboxylic acids is 1. The van der Waals surface area contributed by atoms with Crippen LogP contribution in [0.2, 0.25) is 0 Å². The Balaban J connectivity index is 2.57. The highest BCUT2D eigenvalue weighted by Crippen LogP contribution is 2.16. The van der Waals surface area contributed by atoms with Crippen molar-refractivity contribution in [1.82, 2.24) is 0 Å². The van der Waals surface area contributed by atoms with E-state index in [9.17, 15) is 4.79 Å². The van der Waals surface area contributed by atoms with Crippen LogP contribution in [0.15, 0.2) is 42.5 Å². The van der Waals surface area contributed by atoms with E-state index in [1.165, 1.54) is 0 Å². The summed E-state index contributed by atoms with van der Waals surface area (Å²) in [5.41, 5.74) is 1.38. The first-order chi connectivity index (χ1) is 7.65. The van der Waals surface area contributed by atoms with Crippen molar-refractivity contribution in [3.05, 3.63) is 48.0 Å². The van der Waals surface area contributed by atoms with Crippen LogP contribution in [-0.4, -0.2) is 19.7 Å². The minimum Gasteiger partial charge on any atom is -0.459 e. The molecule has 0 bridgehead atoms. The average molecular weight is 220 g/mol. The van der Waals surface area contributed by atoms with Crippen LogP contribution in [0.25, 0.3) is 0 Å². The first-order valence-corrected chi connectivity index (χ1v) is 5.05. The van der Waals surface area contributed by atoms with Crippen LogP contribution in [0.5, 0.6) is 0 Å². The molecule has 1 unspecified atom stereocenters. The van der Waals surface area contributed by atoms with E-state index < -0.39 is 5.97 Å². The summed E-state index contributed by atoms with van der Waals surface area (Å²) in [6.07, 6.45) is -0.232. The van der Waals surface area contributed by atoms with Crippen LogP contribution >= 0.6 is 0 Å². The number of esters is 1. The van der Waals surface area contributed by atoms with Crippen molar-refractivity contribution < 1.29 is 14.3 Å². The minimum absolute atomic E-state index is 0.201. The van der Waals surface area contributed by atoms with E-state index in [4.69, 9.17) is 9.47 Å². The lowest BCUT2D eigenvalue weighted by Crippen LogP contribution is -2.14. The van der Waals surface area contributed by atoms with E-state index in [0.717, 1.165) is 5.56 Å². The number of hydrogen-bond acceptors (Lipinski definition) is 3. The third-order valence-electron chi connectivity index (χ3n) is 2.17. The van der Waals surface area contributed by atoms with Gasteiger partial charge in [-0.25, -0.2) is 4.79 Å². The Labute approximate surface area is 95.7 Å². The van der Waals surface area contributed by atoms with Gasteiger partial charge in [0.05, 0.1) is 0 Å². The average Bonchev–Trinajstić information content (AvgIpc) is 2.30. The van der Waals surface area contributed by atoms with Crippen molar-refractivity contribution in [2.24, 2.45) is 0 Å². The zero-order valence-corrected chi connectivity index (χ0v) is 9.60. The lowest BCUT2D eigenvalue weighted by atomic mass is 10.1. The van der Waals surface area contributed by atoms with Gasteiger partial charge in [-0.05, 0) is 12.5 Å². The van der Waals surface area contributed by atoms with Gasteiger partial charge >= 0.3 is 5.97 Å². The maximum Gasteiger partial charge on any atom is 0.333 e. The van der Waals surface area contributed by atoms with Gasteiger partial charge in [-0.1, -0.05) is 36.9 Å². The first-order valence-electron chi connectivity index (χ1n) is 5.05. The molecule has 0 N–H and O–H groups in total. The van der Waals surface area contributed by atoms with Crippen LogP contribution in [0.4, 0.5) is 0 Å². The Morgan fingerprint density at radius 2 is 2.00 bits per heavy atom. The fraction of sp³-hybridized carbons (Fsp3) is 0.308. The van der Waals surface area contributed by atoms with E-state index in [1.807, 2.05) is 30.3 Å². The van der Waals surface area contributed by atoms with Crippen molar-refractivity contribution in [2.75, 3.05) is 13.7 Å². The van der Waals surface area contributed by atoms with E-state index >= 15 is 0 Å². The molecule has 1 aromatic rings. The Kier molecular flexibility index (Phi) is 4.73. The van der Waals surface area contributed by atoms with Gasteiger partial charge in [0, 0.05) is 12.7 Å². The minimum atomic E-state index is -0.391. The summed E-state index contributed by atoms with van der Waals surface area (Å²) in [6.45, 7) is 5.33. The predicted molar refractivity (Wildman–Crippen MR) is 62.0 cm³/mol. The van der Waals surface area contributed by atoms with Crippen molar-refractivity contribution in [2.45, 2.75) is 13.0 Å². The molecule has 1 rings (SSSR count). The van der Waals surface area contributed by atoms with Gasteiger partial charge in [0.25, 0.3) is 0 Å². The Hall–Kier alpha value is -1.61. The van der Waals surface area contributed by atoms with Gasteiger partial charge < -0.3 is 9.47 Å².